The molecule has 4 rings (SSSR count). The first-order valence-corrected chi connectivity index (χ1v) is 11.9. The van der Waals surface area contributed by atoms with Gasteiger partial charge in [0.05, 0.1) is 12.2 Å². The van der Waals surface area contributed by atoms with E-state index in [4.69, 9.17) is 0 Å². The molecule has 1 amide bonds. The van der Waals surface area contributed by atoms with Crippen molar-refractivity contribution < 1.29 is 13.6 Å². The number of amides is 1. The molecule has 1 N–H and O–H groups in total. The molecule has 2 aromatic rings. The molecular weight excluding hydrogens is 436 g/mol. The van der Waals surface area contributed by atoms with Crippen LogP contribution in [0.4, 0.5) is 14.5 Å². The molecule has 184 valence electrons. The molecule has 0 aliphatic carbocycles. The monoisotopic (exact) mass is 471 g/mol. The fourth-order valence-corrected chi connectivity index (χ4v) is 5.06. The molecule has 0 bridgehead atoms. The van der Waals surface area contributed by atoms with Gasteiger partial charge in [0.15, 0.2) is 0 Å². The summed E-state index contributed by atoms with van der Waals surface area (Å²) in [4.78, 5) is 24.4. The number of carbonyl (C=O) groups excluding carboxylic acids is 1. The zero-order chi connectivity index (χ0) is 24.6. The van der Waals surface area contributed by atoms with Crippen LogP contribution in [0.3, 0.4) is 0 Å². The van der Waals surface area contributed by atoms with Crippen LogP contribution in [0.2, 0.25) is 0 Å². The smallest absolute Gasteiger partial charge is 0.241 e. The van der Waals surface area contributed by atoms with E-state index >= 15 is 0 Å². The maximum atomic E-state index is 14.2. The number of likely N-dealkylation sites (N-methyl/N-ethyl adjacent to an activating group) is 1. The van der Waals surface area contributed by atoms with Crippen molar-refractivity contribution in [1.82, 2.24) is 20.1 Å². The van der Waals surface area contributed by atoms with Gasteiger partial charge in [-0.25, -0.2) is 8.78 Å². The minimum Gasteiger partial charge on any atom is -0.311 e. The predicted molar refractivity (Wildman–Crippen MR) is 130 cm³/mol. The van der Waals surface area contributed by atoms with E-state index in [0.29, 0.717) is 30.4 Å². The minimum atomic E-state index is -0.600. The van der Waals surface area contributed by atoms with Crippen LogP contribution in [0, 0.1) is 11.6 Å². The molecule has 6 nitrogen and oxygen atoms in total. The number of hydrogen-bond acceptors (Lipinski definition) is 5. The molecule has 0 spiro atoms. The summed E-state index contributed by atoms with van der Waals surface area (Å²) in [5.74, 6) is -1.12. The minimum absolute atomic E-state index is 0.0646. The van der Waals surface area contributed by atoms with Gasteiger partial charge in [-0.15, -0.1) is 0 Å². The van der Waals surface area contributed by atoms with Gasteiger partial charge in [0, 0.05) is 73.6 Å². The van der Waals surface area contributed by atoms with Crippen molar-refractivity contribution in [2.45, 2.75) is 44.7 Å². The van der Waals surface area contributed by atoms with Crippen molar-refractivity contribution in [3.63, 3.8) is 0 Å². The van der Waals surface area contributed by atoms with Gasteiger partial charge in [0.2, 0.25) is 5.91 Å². The van der Waals surface area contributed by atoms with Crippen molar-refractivity contribution in [2.75, 3.05) is 51.7 Å². The van der Waals surface area contributed by atoms with Gasteiger partial charge in [-0.1, -0.05) is 19.9 Å². The highest BCUT2D eigenvalue weighted by Crippen LogP contribution is 2.40. The molecule has 0 unspecified atom stereocenters. The van der Waals surface area contributed by atoms with Crippen molar-refractivity contribution in [2.24, 2.45) is 0 Å². The molecule has 3 heterocycles. The first-order valence-electron chi connectivity index (χ1n) is 11.9. The SMILES string of the molecule is C[C@@H]1CN(CC(=O)N2CC(C)(C)c3cnc(Cc4ccc(F)cc4F)cc32)[C@@H](CN(C)C)CN1. The lowest BCUT2D eigenvalue weighted by atomic mass is 9.88. The molecule has 2 atom stereocenters. The van der Waals surface area contributed by atoms with Crippen LogP contribution in [0.25, 0.3) is 0 Å². The normalized spacial score (nSPS) is 22.3. The standard InChI is InChI=1S/C26H35F2N5O/c1-17-13-32(21(11-29-17)14-31(4)5)15-25(34)33-16-26(2,3)22-12-30-20(10-24(22)33)8-18-6-7-19(27)9-23(18)28/h6-7,9-10,12,17,21,29H,8,11,13-16H2,1-5H3/t17-,21-/m1/s1. The number of fused-ring (bicyclic) bond motifs is 1. The highest BCUT2D eigenvalue weighted by molar-refractivity contribution is 5.97. The summed E-state index contributed by atoms with van der Waals surface area (Å²) in [6.07, 6.45) is 2.04. The van der Waals surface area contributed by atoms with E-state index in [9.17, 15) is 13.6 Å². The third kappa shape index (κ3) is 5.29. The van der Waals surface area contributed by atoms with E-state index in [1.54, 1.807) is 6.20 Å². The fraction of sp³-hybridized carbons (Fsp3) is 0.538. The molecule has 0 radical (unpaired) electrons. The van der Waals surface area contributed by atoms with Gasteiger partial charge >= 0.3 is 0 Å². The van der Waals surface area contributed by atoms with Crippen LogP contribution in [-0.2, 0) is 16.6 Å². The van der Waals surface area contributed by atoms with E-state index in [0.717, 1.165) is 37.0 Å². The highest BCUT2D eigenvalue weighted by Gasteiger charge is 2.39. The second kappa shape index (κ2) is 9.68. The Hall–Kier alpha value is -2.42. The second-order valence-corrected chi connectivity index (χ2v) is 10.6. The first kappa shape index (κ1) is 24.7. The zero-order valence-corrected chi connectivity index (χ0v) is 20.7. The number of piperazine rings is 1. The number of hydrogen-bond donors (Lipinski definition) is 1. The summed E-state index contributed by atoms with van der Waals surface area (Å²) >= 11 is 0. The Morgan fingerprint density at radius 3 is 2.74 bits per heavy atom. The summed E-state index contributed by atoms with van der Waals surface area (Å²) < 4.78 is 27.5. The van der Waals surface area contributed by atoms with Gasteiger partial charge in [0.25, 0.3) is 0 Å². The van der Waals surface area contributed by atoms with Crippen LogP contribution < -0.4 is 10.2 Å². The highest BCUT2D eigenvalue weighted by atomic mass is 19.1. The summed E-state index contributed by atoms with van der Waals surface area (Å²) in [5.41, 5.74) is 2.67. The second-order valence-electron chi connectivity index (χ2n) is 10.6. The number of nitrogens with zero attached hydrogens (tertiary/aromatic N) is 4. The largest absolute Gasteiger partial charge is 0.311 e. The van der Waals surface area contributed by atoms with Gasteiger partial charge in [-0.2, -0.15) is 0 Å². The summed E-state index contributed by atoms with van der Waals surface area (Å²) in [6, 6.07) is 6.07. The molecule has 1 aromatic carbocycles. The number of halogens is 2. The van der Waals surface area contributed by atoms with E-state index in [1.165, 1.54) is 12.1 Å². The van der Waals surface area contributed by atoms with Crippen LogP contribution in [0.5, 0.6) is 0 Å². The summed E-state index contributed by atoms with van der Waals surface area (Å²) in [6.45, 7) is 9.85. The number of rotatable bonds is 6. The van der Waals surface area contributed by atoms with Crippen molar-refractivity contribution in [3.8, 4) is 0 Å². The molecular formula is C26H35F2N5O. The predicted octanol–water partition coefficient (Wildman–Crippen LogP) is 2.80. The van der Waals surface area contributed by atoms with Crippen molar-refractivity contribution in [3.05, 3.63) is 58.9 Å². The Labute approximate surface area is 200 Å². The molecule has 1 aromatic heterocycles. The third-order valence-electron chi connectivity index (χ3n) is 6.84. The third-order valence-corrected chi connectivity index (χ3v) is 6.84. The Kier molecular flexibility index (Phi) is 7.03. The summed E-state index contributed by atoms with van der Waals surface area (Å²) in [7, 11) is 4.10. The molecule has 0 saturated carbocycles. The van der Waals surface area contributed by atoms with Gasteiger partial charge < -0.3 is 15.1 Å². The molecule has 1 saturated heterocycles. The van der Waals surface area contributed by atoms with Crippen LogP contribution >= 0.6 is 0 Å². The zero-order valence-electron chi connectivity index (χ0n) is 20.7. The fourth-order valence-electron chi connectivity index (χ4n) is 5.06. The van der Waals surface area contributed by atoms with E-state index in [1.807, 2.05) is 11.0 Å². The Balaban J connectivity index is 1.56. The lowest BCUT2D eigenvalue weighted by Crippen LogP contribution is -2.60. The van der Waals surface area contributed by atoms with E-state index < -0.39 is 11.6 Å². The van der Waals surface area contributed by atoms with Crippen molar-refractivity contribution >= 4 is 11.6 Å². The molecule has 2 aliphatic rings. The van der Waals surface area contributed by atoms with Crippen LogP contribution in [0.15, 0.2) is 30.5 Å². The number of carbonyl (C=O) groups is 1. The molecule has 8 heteroatoms. The lowest BCUT2D eigenvalue weighted by Gasteiger charge is -2.40. The number of benzene rings is 1. The quantitative estimate of drug-likeness (QED) is 0.702. The lowest BCUT2D eigenvalue weighted by molar-refractivity contribution is -0.120. The van der Waals surface area contributed by atoms with Gasteiger partial charge in [-0.05, 0) is 38.7 Å². The van der Waals surface area contributed by atoms with Crippen LogP contribution in [-0.4, -0.2) is 79.6 Å². The number of anilines is 1. The maximum absolute atomic E-state index is 14.2. The van der Waals surface area contributed by atoms with Crippen LogP contribution in [0.1, 0.15) is 37.6 Å². The molecule has 1 fully saturated rings. The number of pyridine rings is 1. The van der Waals surface area contributed by atoms with Crippen molar-refractivity contribution in [1.29, 1.82) is 0 Å². The molecule has 2 aliphatic heterocycles. The van der Waals surface area contributed by atoms with Gasteiger partial charge in [0.1, 0.15) is 11.6 Å². The summed E-state index contributed by atoms with van der Waals surface area (Å²) in [5, 5.41) is 3.52. The Bertz CT molecular complexity index is 1060. The molecule has 34 heavy (non-hydrogen) atoms. The van der Waals surface area contributed by atoms with E-state index in [2.05, 4.69) is 55.0 Å². The topological polar surface area (TPSA) is 51.7 Å². The average molecular weight is 472 g/mol. The Morgan fingerprint density at radius 1 is 1.26 bits per heavy atom. The first-order chi connectivity index (χ1) is 16.0. The maximum Gasteiger partial charge on any atom is 0.241 e. The van der Waals surface area contributed by atoms with Gasteiger partial charge in [-0.3, -0.25) is 14.7 Å². The number of aromatic nitrogens is 1. The van der Waals surface area contributed by atoms with E-state index in [-0.39, 0.29) is 23.8 Å². The number of nitrogens with one attached hydrogen (secondary N) is 1. The Morgan fingerprint density at radius 2 is 2.03 bits per heavy atom. The average Bonchev–Trinajstić information content (AvgIpc) is 3.02.